The minimum atomic E-state index is -0.287. The van der Waals surface area contributed by atoms with Crippen LogP contribution in [0.4, 0.5) is 0 Å². The molecule has 0 saturated heterocycles. The molecule has 1 aromatic heterocycles. The Balaban J connectivity index is 1.53. The van der Waals surface area contributed by atoms with Crippen LogP contribution in [0, 0.1) is 6.92 Å². The summed E-state index contributed by atoms with van der Waals surface area (Å²) in [5.41, 5.74) is 4.11. The van der Waals surface area contributed by atoms with E-state index < -0.39 is 0 Å². The van der Waals surface area contributed by atoms with Gasteiger partial charge in [-0.05, 0) is 62.3 Å². The molecule has 0 radical (unpaired) electrons. The van der Waals surface area contributed by atoms with Crippen LogP contribution < -0.4 is 10.6 Å². The standard InChI is InChI=1S/C23H27N3O2/c1-17-8-5-6-11-19(17)16-25-23(28)21-13-7-12-20(26-21)22(27)24-15-14-18-9-3-2-4-10-18/h5-9,11-13H,2-4,10,14-16H2,1H3,(H,24,27)(H,25,28). The Morgan fingerprint density at radius 1 is 0.964 bits per heavy atom. The van der Waals surface area contributed by atoms with Gasteiger partial charge in [0.15, 0.2) is 0 Å². The summed E-state index contributed by atoms with van der Waals surface area (Å²) >= 11 is 0. The Hall–Kier alpha value is -2.95. The number of rotatable bonds is 7. The third-order valence-corrected chi connectivity index (χ3v) is 5.03. The van der Waals surface area contributed by atoms with Gasteiger partial charge >= 0.3 is 0 Å². The molecule has 5 nitrogen and oxygen atoms in total. The molecule has 0 saturated carbocycles. The molecule has 146 valence electrons. The number of aryl methyl sites for hydroxylation is 1. The molecule has 2 N–H and O–H groups in total. The highest BCUT2D eigenvalue weighted by Gasteiger charge is 2.13. The first-order valence-electron chi connectivity index (χ1n) is 9.89. The van der Waals surface area contributed by atoms with Crippen LogP contribution in [0.25, 0.3) is 0 Å². The van der Waals surface area contributed by atoms with Crippen molar-refractivity contribution in [2.45, 2.75) is 45.6 Å². The minimum absolute atomic E-state index is 0.245. The monoisotopic (exact) mass is 377 g/mol. The van der Waals surface area contributed by atoms with Crippen LogP contribution in [-0.4, -0.2) is 23.3 Å². The molecule has 2 amide bonds. The highest BCUT2D eigenvalue weighted by atomic mass is 16.2. The average Bonchev–Trinajstić information content (AvgIpc) is 2.74. The molecule has 0 bridgehead atoms. The SMILES string of the molecule is Cc1ccccc1CNC(=O)c1cccc(C(=O)NCCC2=CCCCC2)n1. The maximum absolute atomic E-state index is 12.4. The zero-order chi connectivity index (χ0) is 19.8. The van der Waals surface area contributed by atoms with E-state index in [1.165, 1.54) is 18.4 Å². The first kappa shape index (κ1) is 19.8. The number of nitrogens with one attached hydrogen (secondary N) is 2. The van der Waals surface area contributed by atoms with Crippen LogP contribution in [0.3, 0.4) is 0 Å². The number of aromatic nitrogens is 1. The topological polar surface area (TPSA) is 71.1 Å². The van der Waals surface area contributed by atoms with E-state index in [1.54, 1.807) is 18.2 Å². The summed E-state index contributed by atoms with van der Waals surface area (Å²) in [6.45, 7) is 3.03. The van der Waals surface area contributed by atoms with Crippen molar-refractivity contribution in [1.29, 1.82) is 0 Å². The summed E-state index contributed by atoms with van der Waals surface area (Å²) in [7, 11) is 0. The number of carbonyl (C=O) groups excluding carboxylic acids is 2. The van der Waals surface area contributed by atoms with Crippen LogP contribution in [-0.2, 0) is 6.54 Å². The molecule has 1 aliphatic rings. The van der Waals surface area contributed by atoms with E-state index in [4.69, 9.17) is 0 Å². The fourth-order valence-electron chi connectivity index (χ4n) is 3.32. The lowest BCUT2D eigenvalue weighted by atomic mass is 9.97. The van der Waals surface area contributed by atoms with Crippen LogP contribution in [0.5, 0.6) is 0 Å². The van der Waals surface area contributed by atoms with Crippen molar-refractivity contribution in [1.82, 2.24) is 15.6 Å². The lowest BCUT2D eigenvalue weighted by molar-refractivity contribution is 0.0943. The number of nitrogens with zero attached hydrogens (tertiary/aromatic N) is 1. The molecule has 0 unspecified atom stereocenters. The van der Waals surface area contributed by atoms with Crippen molar-refractivity contribution in [3.05, 3.63) is 76.6 Å². The molecule has 0 aliphatic heterocycles. The molecule has 2 aromatic rings. The lowest BCUT2D eigenvalue weighted by Crippen LogP contribution is -2.28. The summed E-state index contributed by atoms with van der Waals surface area (Å²) in [5, 5.41) is 5.77. The second kappa shape index (κ2) is 9.83. The van der Waals surface area contributed by atoms with Crippen molar-refractivity contribution in [3.8, 4) is 0 Å². The van der Waals surface area contributed by atoms with E-state index >= 15 is 0 Å². The average molecular weight is 377 g/mol. The van der Waals surface area contributed by atoms with Gasteiger partial charge < -0.3 is 10.6 Å². The normalized spacial score (nSPS) is 13.5. The Morgan fingerprint density at radius 2 is 1.71 bits per heavy atom. The number of carbonyl (C=O) groups is 2. The molecule has 1 aromatic carbocycles. The zero-order valence-corrected chi connectivity index (χ0v) is 16.3. The van der Waals surface area contributed by atoms with E-state index in [1.807, 2.05) is 31.2 Å². The fraction of sp³-hybridized carbons (Fsp3) is 0.348. The Bertz CT molecular complexity index is 874. The summed E-state index contributed by atoms with van der Waals surface area (Å²) < 4.78 is 0. The molecule has 0 fully saturated rings. The smallest absolute Gasteiger partial charge is 0.270 e. The molecule has 0 atom stereocenters. The number of amides is 2. The van der Waals surface area contributed by atoms with Gasteiger partial charge in [-0.2, -0.15) is 0 Å². The largest absolute Gasteiger partial charge is 0.350 e. The Kier molecular flexibility index (Phi) is 6.95. The predicted molar refractivity (Wildman–Crippen MR) is 110 cm³/mol. The van der Waals surface area contributed by atoms with Crippen LogP contribution >= 0.6 is 0 Å². The summed E-state index contributed by atoms with van der Waals surface area (Å²) in [4.78, 5) is 29.0. The minimum Gasteiger partial charge on any atom is -0.350 e. The van der Waals surface area contributed by atoms with E-state index in [0.717, 1.165) is 30.4 Å². The lowest BCUT2D eigenvalue weighted by Gasteiger charge is -2.13. The van der Waals surface area contributed by atoms with Gasteiger partial charge in [0, 0.05) is 13.1 Å². The maximum Gasteiger partial charge on any atom is 0.270 e. The number of pyridine rings is 1. The highest BCUT2D eigenvalue weighted by Crippen LogP contribution is 2.19. The van der Waals surface area contributed by atoms with E-state index in [0.29, 0.717) is 13.1 Å². The molecular weight excluding hydrogens is 350 g/mol. The van der Waals surface area contributed by atoms with Crippen molar-refractivity contribution < 1.29 is 9.59 Å². The second-order valence-corrected chi connectivity index (χ2v) is 7.13. The predicted octanol–water partition coefficient (Wildman–Crippen LogP) is 3.94. The summed E-state index contributed by atoms with van der Waals surface area (Å²) in [6, 6.07) is 12.8. The van der Waals surface area contributed by atoms with Crippen LogP contribution in [0.2, 0.25) is 0 Å². The summed E-state index contributed by atoms with van der Waals surface area (Å²) in [5.74, 6) is -0.532. The fourth-order valence-corrected chi connectivity index (χ4v) is 3.32. The van der Waals surface area contributed by atoms with Crippen molar-refractivity contribution in [2.24, 2.45) is 0 Å². The van der Waals surface area contributed by atoms with Crippen molar-refractivity contribution in [2.75, 3.05) is 6.54 Å². The number of hydrogen-bond donors (Lipinski definition) is 2. The molecule has 0 spiro atoms. The zero-order valence-electron chi connectivity index (χ0n) is 16.3. The maximum atomic E-state index is 12.4. The molecule has 1 heterocycles. The molecule has 3 rings (SSSR count). The van der Waals surface area contributed by atoms with E-state index in [-0.39, 0.29) is 23.2 Å². The highest BCUT2D eigenvalue weighted by molar-refractivity contribution is 5.96. The number of hydrogen-bond acceptors (Lipinski definition) is 3. The first-order valence-corrected chi connectivity index (χ1v) is 9.89. The van der Waals surface area contributed by atoms with Gasteiger partial charge in [0.2, 0.25) is 0 Å². The Morgan fingerprint density at radius 3 is 2.43 bits per heavy atom. The first-order chi connectivity index (χ1) is 13.6. The third-order valence-electron chi connectivity index (χ3n) is 5.03. The van der Waals surface area contributed by atoms with Gasteiger partial charge in [0.05, 0.1) is 0 Å². The Labute approximate surface area is 166 Å². The van der Waals surface area contributed by atoms with Gasteiger partial charge in [-0.25, -0.2) is 4.98 Å². The molecular formula is C23H27N3O2. The van der Waals surface area contributed by atoms with Crippen LogP contribution in [0.15, 0.2) is 54.1 Å². The van der Waals surface area contributed by atoms with Gasteiger partial charge in [-0.1, -0.05) is 42.0 Å². The third kappa shape index (κ3) is 5.52. The number of benzene rings is 1. The van der Waals surface area contributed by atoms with Crippen molar-refractivity contribution in [3.63, 3.8) is 0 Å². The van der Waals surface area contributed by atoms with Gasteiger partial charge in [0.25, 0.3) is 11.8 Å². The van der Waals surface area contributed by atoms with E-state index in [2.05, 4.69) is 21.7 Å². The number of allylic oxidation sites excluding steroid dienone is 1. The van der Waals surface area contributed by atoms with Crippen molar-refractivity contribution >= 4 is 11.8 Å². The molecule has 5 heteroatoms. The second-order valence-electron chi connectivity index (χ2n) is 7.13. The quantitative estimate of drug-likeness (QED) is 0.718. The van der Waals surface area contributed by atoms with Gasteiger partial charge in [-0.15, -0.1) is 0 Å². The molecule has 28 heavy (non-hydrogen) atoms. The molecule has 1 aliphatic carbocycles. The van der Waals surface area contributed by atoms with E-state index in [9.17, 15) is 9.59 Å². The summed E-state index contributed by atoms with van der Waals surface area (Å²) in [6.07, 6.45) is 7.93. The van der Waals surface area contributed by atoms with Gasteiger partial charge in [-0.3, -0.25) is 9.59 Å². The van der Waals surface area contributed by atoms with Crippen LogP contribution in [0.1, 0.15) is 64.2 Å². The van der Waals surface area contributed by atoms with Gasteiger partial charge in [0.1, 0.15) is 11.4 Å².